The second-order valence-electron chi connectivity index (χ2n) is 7.13. The lowest BCUT2D eigenvalue weighted by molar-refractivity contribution is -0.128. The molecular formula is C23H22Cl2N2O3S. The van der Waals surface area contributed by atoms with E-state index >= 15 is 0 Å². The van der Waals surface area contributed by atoms with Crippen LogP contribution in [0.5, 0.6) is 0 Å². The van der Waals surface area contributed by atoms with Crippen LogP contribution in [0, 0.1) is 6.92 Å². The van der Waals surface area contributed by atoms with Gasteiger partial charge in [0.05, 0.1) is 10.6 Å². The molecule has 0 saturated heterocycles. The summed E-state index contributed by atoms with van der Waals surface area (Å²) in [4.78, 5) is 14.6. The Morgan fingerprint density at radius 3 is 2.19 bits per heavy atom. The average molecular weight is 477 g/mol. The molecule has 0 aliphatic heterocycles. The molecular weight excluding hydrogens is 455 g/mol. The van der Waals surface area contributed by atoms with Crippen molar-refractivity contribution in [3.63, 3.8) is 0 Å². The summed E-state index contributed by atoms with van der Waals surface area (Å²) in [5.74, 6) is -0.355. The maximum absolute atomic E-state index is 13.4. The minimum Gasteiger partial charge on any atom is -0.340 e. The number of likely N-dealkylation sites (N-methyl/N-ethyl adjacent to an activating group) is 1. The first-order chi connectivity index (χ1) is 14.7. The van der Waals surface area contributed by atoms with Gasteiger partial charge in [-0.15, -0.1) is 0 Å². The number of carbonyl (C=O) groups excluding carboxylic acids is 1. The van der Waals surface area contributed by atoms with Crippen LogP contribution in [0.4, 0.5) is 5.69 Å². The molecule has 3 aromatic carbocycles. The topological polar surface area (TPSA) is 57.7 Å². The standard InChI is InChI=1S/C23H22Cl2N2O3S/c1-17-8-13-20(14-22(17)25)27(31(29,30)21-6-4-3-5-7-21)16-23(28)26(2)15-18-9-11-19(24)12-10-18/h3-14H,15-16H2,1-2H3. The Morgan fingerprint density at radius 2 is 1.58 bits per heavy atom. The predicted molar refractivity (Wildman–Crippen MR) is 125 cm³/mol. The Morgan fingerprint density at radius 1 is 0.935 bits per heavy atom. The molecule has 3 aromatic rings. The summed E-state index contributed by atoms with van der Waals surface area (Å²) in [6.45, 7) is 1.79. The van der Waals surface area contributed by atoms with Crippen molar-refractivity contribution in [2.24, 2.45) is 0 Å². The molecule has 0 saturated carbocycles. The number of sulfonamides is 1. The van der Waals surface area contributed by atoms with Gasteiger partial charge in [0, 0.05) is 23.6 Å². The van der Waals surface area contributed by atoms with Crippen LogP contribution in [0.15, 0.2) is 77.7 Å². The number of nitrogens with zero attached hydrogens (tertiary/aromatic N) is 2. The molecule has 0 spiro atoms. The summed E-state index contributed by atoms with van der Waals surface area (Å²) in [5.41, 5.74) is 2.03. The van der Waals surface area contributed by atoms with Gasteiger partial charge in [-0.2, -0.15) is 0 Å². The van der Waals surface area contributed by atoms with Gasteiger partial charge in [-0.1, -0.05) is 59.6 Å². The first kappa shape index (κ1) is 23.1. The summed E-state index contributed by atoms with van der Waals surface area (Å²) >= 11 is 12.2. The summed E-state index contributed by atoms with van der Waals surface area (Å²) in [7, 11) is -2.35. The molecule has 0 atom stereocenters. The second-order valence-corrected chi connectivity index (χ2v) is 9.84. The third kappa shape index (κ3) is 5.58. The van der Waals surface area contributed by atoms with Gasteiger partial charge >= 0.3 is 0 Å². The van der Waals surface area contributed by atoms with E-state index in [1.807, 2.05) is 19.1 Å². The number of rotatable bonds is 7. The van der Waals surface area contributed by atoms with Gasteiger partial charge in [-0.25, -0.2) is 8.42 Å². The molecule has 3 rings (SSSR count). The summed E-state index contributed by atoms with van der Waals surface area (Å²) in [6, 6.07) is 20.1. The molecule has 0 N–H and O–H groups in total. The first-order valence-corrected chi connectivity index (χ1v) is 11.7. The van der Waals surface area contributed by atoms with Crippen molar-refractivity contribution in [3.05, 3.63) is 94.0 Å². The van der Waals surface area contributed by atoms with E-state index in [0.29, 0.717) is 22.3 Å². The molecule has 0 bridgehead atoms. The Balaban J connectivity index is 1.91. The van der Waals surface area contributed by atoms with E-state index in [0.717, 1.165) is 15.4 Å². The average Bonchev–Trinajstić information content (AvgIpc) is 2.76. The van der Waals surface area contributed by atoms with Crippen molar-refractivity contribution in [1.29, 1.82) is 0 Å². The molecule has 0 heterocycles. The Bertz CT molecular complexity index is 1170. The lowest BCUT2D eigenvalue weighted by Gasteiger charge is -2.27. The third-order valence-corrected chi connectivity index (χ3v) is 7.26. The number of halogens is 2. The summed E-state index contributed by atoms with van der Waals surface area (Å²) in [6.07, 6.45) is 0. The van der Waals surface area contributed by atoms with E-state index in [4.69, 9.17) is 23.2 Å². The Kier molecular flexibility index (Phi) is 7.26. The fourth-order valence-electron chi connectivity index (χ4n) is 2.97. The van der Waals surface area contributed by atoms with Gasteiger partial charge in [0.2, 0.25) is 5.91 Å². The Hall–Kier alpha value is -2.54. The highest BCUT2D eigenvalue weighted by molar-refractivity contribution is 7.92. The van der Waals surface area contributed by atoms with E-state index in [1.54, 1.807) is 55.6 Å². The van der Waals surface area contributed by atoms with Crippen LogP contribution in [-0.2, 0) is 21.4 Å². The number of anilines is 1. The number of aryl methyl sites for hydroxylation is 1. The molecule has 0 radical (unpaired) electrons. The van der Waals surface area contributed by atoms with Crippen LogP contribution in [0.3, 0.4) is 0 Å². The van der Waals surface area contributed by atoms with E-state index in [-0.39, 0.29) is 17.3 Å². The van der Waals surface area contributed by atoms with Crippen molar-refractivity contribution in [1.82, 2.24) is 4.90 Å². The molecule has 1 amide bonds. The van der Waals surface area contributed by atoms with E-state index in [2.05, 4.69) is 0 Å². The number of hydrogen-bond donors (Lipinski definition) is 0. The van der Waals surface area contributed by atoms with E-state index < -0.39 is 10.0 Å². The molecule has 0 aliphatic rings. The summed E-state index contributed by atoms with van der Waals surface area (Å²) < 4.78 is 27.9. The van der Waals surface area contributed by atoms with Gasteiger partial charge in [-0.3, -0.25) is 9.10 Å². The summed E-state index contributed by atoms with van der Waals surface area (Å²) in [5, 5.41) is 1.03. The zero-order valence-corrected chi connectivity index (χ0v) is 19.5. The number of amides is 1. The quantitative estimate of drug-likeness (QED) is 0.473. The van der Waals surface area contributed by atoms with Crippen molar-refractivity contribution >= 4 is 44.8 Å². The Labute approximate surface area is 192 Å². The smallest absolute Gasteiger partial charge is 0.264 e. The fraction of sp³-hybridized carbons (Fsp3) is 0.174. The maximum atomic E-state index is 13.4. The molecule has 0 unspecified atom stereocenters. The van der Waals surface area contributed by atoms with Crippen LogP contribution < -0.4 is 4.31 Å². The van der Waals surface area contributed by atoms with Gasteiger partial charge in [0.25, 0.3) is 10.0 Å². The highest BCUT2D eigenvalue weighted by Gasteiger charge is 2.28. The highest BCUT2D eigenvalue weighted by atomic mass is 35.5. The van der Waals surface area contributed by atoms with E-state index in [1.165, 1.54) is 17.0 Å². The number of benzene rings is 3. The molecule has 0 fully saturated rings. The normalized spacial score (nSPS) is 11.2. The molecule has 0 aliphatic carbocycles. The van der Waals surface area contributed by atoms with Gasteiger partial charge in [0.15, 0.2) is 0 Å². The first-order valence-electron chi connectivity index (χ1n) is 9.51. The molecule has 31 heavy (non-hydrogen) atoms. The minimum absolute atomic E-state index is 0.0971. The fourth-order valence-corrected chi connectivity index (χ4v) is 4.69. The number of carbonyl (C=O) groups is 1. The maximum Gasteiger partial charge on any atom is 0.264 e. The van der Waals surface area contributed by atoms with Crippen molar-refractivity contribution in [2.45, 2.75) is 18.4 Å². The highest BCUT2D eigenvalue weighted by Crippen LogP contribution is 2.28. The monoisotopic (exact) mass is 476 g/mol. The van der Waals surface area contributed by atoms with Gasteiger partial charge < -0.3 is 4.90 Å². The largest absolute Gasteiger partial charge is 0.340 e. The van der Waals surface area contributed by atoms with Crippen LogP contribution in [0.25, 0.3) is 0 Å². The zero-order valence-electron chi connectivity index (χ0n) is 17.1. The molecule has 8 heteroatoms. The van der Waals surface area contributed by atoms with Crippen LogP contribution in [0.2, 0.25) is 10.0 Å². The third-order valence-electron chi connectivity index (χ3n) is 4.81. The molecule has 0 aromatic heterocycles. The van der Waals surface area contributed by atoms with Gasteiger partial charge in [0.1, 0.15) is 6.54 Å². The van der Waals surface area contributed by atoms with E-state index in [9.17, 15) is 13.2 Å². The molecule has 5 nitrogen and oxygen atoms in total. The minimum atomic E-state index is -3.98. The lowest BCUT2D eigenvalue weighted by atomic mass is 10.2. The van der Waals surface area contributed by atoms with Crippen LogP contribution >= 0.6 is 23.2 Å². The zero-order chi connectivity index (χ0) is 22.6. The second kappa shape index (κ2) is 9.73. The predicted octanol–water partition coefficient (Wildman–Crippen LogP) is 5.16. The molecule has 162 valence electrons. The SMILES string of the molecule is Cc1ccc(N(CC(=O)N(C)Cc2ccc(Cl)cc2)S(=O)(=O)c2ccccc2)cc1Cl. The van der Waals surface area contributed by atoms with Crippen molar-refractivity contribution in [3.8, 4) is 0 Å². The van der Waals surface area contributed by atoms with Crippen molar-refractivity contribution in [2.75, 3.05) is 17.9 Å². The number of hydrogen-bond acceptors (Lipinski definition) is 3. The van der Waals surface area contributed by atoms with Crippen LogP contribution in [0.1, 0.15) is 11.1 Å². The van der Waals surface area contributed by atoms with Crippen LogP contribution in [-0.4, -0.2) is 32.8 Å². The van der Waals surface area contributed by atoms with Crippen molar-refractivity contribution < 1.29 is 13.2 Å². The van der Waals surface area contributed by atoms with Gasteiger partial charge in [-0.05, 0) is 54.4 Å². The lowest BCUT2D eigenvalue weighted by Crippen LogP contribution is -2.41.